The first-order valence-electron chi connectivity index (χ1n) is 9.63. The Morgan fingerprint density at radius 3 is 2.69 bits per heavy atom. The van der Waals surface area contributed by atoms with E-state index in [0.29, 0.717) is 18.4 Å². The van der Waals surface area contributed by atoms with Crippen LogP contribution in [-0.2, 0) is 34.3 Å². The molecule has 0 fully saturated rings. The zero-order valence-electron chi connectivity index (χ0n) is 17.4. The van der Waals surface area contributed by atoms with Crippen molar-refractivity contribution < 1.29 is 27.3 Å². The molecule has 3 rings (SSSR count). The normalized spacial score (nSPS) is 17.1. The average molecular weight is 487 g/mol. The summed E-state index contributed by atoms with van der Waals surface area (Å²) in [7, 11) is -2.62. The molecule has 10 nitrogen and oxygen atoms in total. The van der Waals surface area contributed by atoms with Crippen molar-refractivity contribution in [1.82, 2.24) is 19.2 Å². The molecule has 13 heteroatoms. The van der Waals surface area contributed by atoms with Gasteiger partial charge >= 0.3 is 0 Å². The van der Waals surface area contributed by atoms with E-state index in [1.807, 2.05) is 0 Å². The predicted octanol–water partition coefficient (Wildman–Crippen LogP) is 0.450. The first-order chi connectivity index (χ1) is 15.0. The van der Waals surface area contributed by atoms with Gasteiger partial charge in [0.2, 0.25) is 10.8 Å². The fourth-order valence-corrected chi connectivity index (χ4v) is 6.39. The lowest BCUT2D eigenvalue weighted by molar-refractivity contribution is 0.0940. The first kappa shape index (κ1) is 24.2. The fraction of sp³-hybridized carbons (Fsp3) is 0.421. The van der Waals surface area contributed by atoms with Crippen molar-refractivity contribution in [2.24, 2.45) is 0 Å². The van der Waals surface area contributed by atoms with E-state index in [0.717, 1.165) is 8.87 Å². The van der Waals surface area contributed by atoms with Crippen molar-refractivity contribution >= 4 is 27.1 Å². The average Bonchev–Trinajstić information content (AvgIpc) is 2.73. The van der Waals surface area contributed by atoms with Crippen molar-refractivity contribution in [3.05, 3.63) is 57.5 Å². The summed E-state index contributed by atoms with van der Waals surface area (Å²) >= 11 is -1.61. The van der Waals surface area contributed by atoms with E-state index < -0.39 is 61.1 Å². The number of halogens is 1. The number of benzene rings is 1. The Morgan fingerprint density at radius 2 is 2.06 bits per heavy atom. The molecule has 32 heavy (non-hydrogen) atoms. The molecule has 0 saturated carbocycles. The number of rotatable bonds is 7. The lowest BCUT2D eigenvalue weighted by Gasteiger charge is -2.32. The highest BCUT2D eigenvalue weighted by Gasteiger charge is 2.36. The molecule has 174 valence electrons. The molecular formula is C19H23FN4O6S2. The maximum absolute atomic E-state index is 13.0. The van der Waals surface area contributed by atoms with E-state index >= 15 is 0 Å². The number of aromatic hydroxyl groups is 1. The van der Waals surface area contributed by atoms with Crippen LogP contribution in [0.5, 0.6) is 5.75 Å². The van der Waals surface area contributed by atoms with Gasteiger partial charge in [-0.3, -0.25) is 14.2 Å². The van der Waals surface area contributed by atoms with Gasteiger partial charge in [-0.05, 0) is 41.7 Å². The highest BCUT2D eigenvalue weighted by atomic mass is 32.3. The molecule has 1 aliphatic rings. The first-order valence-corrected chi connectivity index (χ1v) is 13.0. The molecule has 0 saturated heterocycles. The van der Waals surface area contributed by atoms with Gasteiger partial charge in [-0.1, -0.05) is 12.1 Å². The predicted molar refractivity (Wildman–Crippen MR) is 115 cm³/mol. The summed E-state index contributed by atoms with van der Waals surface area (Å²) in [5, 5.41) is 12.2. The van der Waals surface area contributed by atoms with Crippen LogP contribution in [0.1, 0.15) is 40.8 Å². The Hall–Kier alpha value is -2.48. The van der Waals surface area contributed by atoms with Gasteiger partial charge in [0, 0.05) is 20.1 Å². The molecule has 1 aromatic heterocycles. The molecule has 0 bridgehead atoms. The smallest absolute Gasteiger partial charge is 0.296 e. The van der Waals surface area contributed by atoms with Crippen LogP contribution < -0.4 is 10.9 Å². The van der Waals surface area contributed by atoms with Gasteiger partial charge in [-0.2, -0.15) is 4.31 Å². The maximum atomic E-state index is 13.0. The van der Waals surface area contributed by atoms with Crippen LogP contribution in [0, 0.1) is 5.82 Å². The summed E-state index contributed by atoms with van der Waals surface area (Å²) in [4.78, 5) is 29.5. The molecule has 2 aromatic rings. The van der Waals surface area contributed by atoms with Crippen LogP contribution in [0.15, 0.2) is 29.1 Å². The number of hydrogen-bond acceptors (Lipinski definition) is 7. The third-order valence-electron chi connectivity index (χ3n) is 5.11. The standard InChI is InChI=1S/C19H23FN4O6S2/c1-23(32(29,30)11-31(2)28)14-4-3-9-24-17(14)22-15(16(25)19(24)27)18(26)21-10-12-5-7-13(20)8-6-12/h5-8,14,25H,3-4,9-11H2,1-2H3,(H,21,26). The number of fused-ring (bicyclic) bond motifs is 1. The minimum Gasteiger partial charge on any atom is -0.616 e. The number of aromatic nitrogens is 2. The van der Waals surface area contributed by atoms with E-state index in [-0.39, 0.29) is 18.9 Å². The van der Waals surface area contributed by atoms with Gasteiger partial charge < -0.3 is 15.0 Å². The van der Waals surface area contributed by atoms with Crippen LogP contribution in [0.4, 0.5) is 4.39 Å². The van der Waals surface area contributed by atoms with Gasteiger partial charge in [-0.25, -0.2) is 17.8 Å². The lowest BCUT2D eigenvalue weighted by atomic mass is 10.1. The zero-order valence-corrected chi connectivity index (χ0v) is 19.1. The van der Waals surface area contributed by atoms with Crippen molar-refractivity contribution in [1.29, 1.82) is 0 Å². The number of carbonyl (C=O) groups excluding carboxylic acids is 1. The van der Waals surface area contributed by atoms with Crippen LogP contribution in [0.2, 0.25) is 0 Å². The molecule has 1 amide bonds. The number of carbonyl (C=O) groups is 1. The summed E-state index contributed by atoms with van der Waals surface area (Å²) in [5.74, 6) is -2.08. The summed E-state index contributed by atoms with van der Waals surface area (Å²) in [6.07, 6.45) is 2.05. The fourth-order valence-electron chi connectivity index (χ4n) is 3.46. The van der Waals surface area contributed by atoms with Gasteiger partial charge in [0.25, 0.3) is 21.5 Å². The van der Waals surface area contributed by atoms with Gasteiger partial charge in [0.05, 0.1) is 12.3 Å². The monoisotopic (exact) mass is 486 g/mol. The second kappa shape index (κ2) is 9.57. The Balaban J connectivity index is 1.92. The molecule has 0 aliphatic carbocycles. The second-order valence-corrected chi connectivity index (χ2v) is 11.2. The molecule has 1 aromatic carbocycles. The van der Waals surface area contributed by atoms with Gasteiger partial charge in [-0.15, -0.1) is 0 Å². The lowest BCUT2D eigenvalue weighted by Crippen LogP contribution is -2.42. The van der Waals surface area contributed by atoms with E-state index in [9.17, 15) is 32.1 Å². The molecule has 1 aliphatic heterocycles. The maximum Gasteiger partial charge on any atom is 0.296 e. The highest BCUT2D eigenvalue weighted by molar-refractivity contribution is 8.06. The number of nitrogens with one attached hydrogen (secondary N) is 1. The summed E-state index contributed by atoms with van der Waals surface area (Å²) in [5.41, 5.74) is -0.790. The SMILES string of the molecule is CN(C1CCCn2c1nc(C(=O)NCc1ccc(F)cc1)c(O)c2=O)S(=O)(=O)C[S+](C)[O-]. The summed E-state index contributed by atoms with van der Waals surface area (Å²) < 4.78 is 51.8. The van der Waals surface area contributed by atoms with Crippen molar-refractivity contribution in [3.63, 3.8) is 0 Å². The van der Waals surface area contributed by atoms with Crippen LogP contribution in [-0.4, -0.2) is 56.2 Å². The number of amides is 1. The van der Waals surface area contributed by atoms with Crippen LogP contribution in [0.3, 0.4) is 0 Å². The summed E-state index contributed by atoms with van der Waals surface area (Å²) in [6, 6.07) is 4.53. The van der Waals surface area contributed by atoms with Gasteiger partial charge in [0.1, 0.15) is 11.6 Å². The molecule has 2 atom stereocenters. The van der Waals surface area contributed by atoms with Crippen LogP contribution >= 0.6 is 0 Å². The Kier molecular flexibility index (Phi) is 7.22. The highest BCUT2D eigenvalue weighted by Crippen LogP contribution is 2.31. The molecule has 0 radical (unpaired) electrons. The largest absolute Gasteiger partial charge is 0.616 e. The van der Waals surface area contributed by atoms with E-state index in [2.05, 4.69) is 10.3 Å². The van der Waals surface area contributed by atoms with Crippen LogP contribution in [0.25, 0.3) is 0 Å². The third-order valence-corrected chi connectivity index (χ3v) is 8.76. The van der Waals surface area contributed by atoms with Gasteiger partial charge in [0.15, 0.2) is 5.69 Å². The minimum atomic E-state index is -3.92. The Labute approximate surface area is 187 Å². The molecule has 2 unspecified atom stereocenters. The van der Waals surface area contributed by atoms with E-state index in [1.54, 1.807) is 0 Å². The van der Waals surface area contributed by atoms with E-state index in [4.69, 9.17) is 0 Å². The Bertz CT molecular complexity index is 1170. The topological polar surface area (TPSA) is 145 Å². The summed E-state index contributed by atoms with van der Waals surface area (Å²) in [6.45, 7) is 0.203. The molecule has 2 heterocycles. The van der Waals surface area contributed by atoms with Crippen molar-refractivity contribution in [3.8, 4) is 5.75 Å². The van der Waals surface area contributed by atoms with Crippen molar-refractivity contribution in [2.75, 3.05) is 18.4 Å². The third kappa shape index (κ3) is 5.11. The number of nitrogens with zero attached hydrogens (tertiary/aromatic N) is 3. The zero-order chi connectivity index (χ0) is 23.6. The molecule has 0 spiro atoms. The van der Waals surface area contributed by atoms with E-state index in [1.165, 1.54) is 37.6 Å². The van der Waals surface area contributed by atoms with Crippen molar-refractivity contribution in [2.45, 2.75) is 32.0 Å². The number of hydrogen-bond donors (Lipinski definition) is 2. The molecular weight excluding hydrogens is 463 g/mol. The second-order valence-electron chi connectivity index (χ2n) is 7.41. The molecule has 2 N–H and O–H groups in total. The Morgan fingerprint density at radius 1 is 1.41 bits per heavy atom. The number of sulfonamides is 1. The quantitative estimate of drug-likeness (QED) is 0.541. The minimum absolute atomic E-state index is 0.00131.